The van der Waals surface area contributed by atoms with Gasteiger partial charge in [-0.2, -0.15) is 0 Å². The van der Waals surface area contributed by atoms with E-state index in [1.165, 1.54) is 0 Å². The van der Waals surface area contributed by atoms with Crippen molar-refractivity contribution in [1.29, 1.82) is 0 Å². The van der Waals surface area contributed by atoms with Crippen molar-refractivity contribution in [3.63, 3.8) is 0 Å². The Hall–Kier alpha value is -3.41. The lowest BCUT2D eigenvalue weighted by Gasteiger charge is -2.12. The smallest absolute Gasteiger partial charge is 0.274 e. The molecule has 0 unspecified atom stereocenters. The number of anilines is 3. The molecular formula is C20H20N4O2. The highest BCUT2D eigenvalue weighted by molar-refractivity contribution is 6.04. The van der Waals surface area contributed by atoms with Gasteiger partial charge in [-0.3, -0.25) is 4.79 Å². The van der Waals surface area contributed by atoms with Crippen LogP contribution in [0, 0.1) is 6.92 Å². The number of carbonyl (C=O) groups is 1. The standard InChI is InChI=1S/C20H20N4O2/c1-3-26-18-12-8-7-11-16(18)24-20(25)17-13-19(22-14(2)21-17)23-15-9-5-4-6-10-15/h4-13H,3H2,1-2H3,(H,24,25)(H,21,22,23). The van der Waals surface area contributed by atoms with Gasteiger partial charge in [0.2, 0.25) is 0 Å². The predicted octanol–water partition coefficient (Wildman–Crippen LogP) is 4.18. The van der Waals surface area contributed by atoms with E-state index in [1.54, 1.807) is 19.1 Å². The molecule has 0 fully saturated rings. The summed E-state index contributed by atoms with van der Waals surface area (Å²) in [6.45, 7) is 4.17. The largest absolute Gasteiger partial charge is 0.492 e. The molecule has 3 aromatic rings. The van der Waals surface area contributed by atoms with E-state index in [0.29, 0.717) is 29.7 Å². The molecule has 26 heavy (non-hydrogen) atoms. The van der Waals surface area contributed by atoms with Crippen molar-refractivity contribution < 1.29 is 9.53 Å². The van der Waals surface area contributed by atoms with E-state index in [1.807, 2.05) is 55.5 Å². The van der Waals surface area contributed by atoms with Gasteiger partial charge in [-0.05, 0) is 38.1 Å². The SMILES string of the molecule is CCOc1ccccc1NC(=O)c1cc(Nc2ccccc2)nc(C)n1. The van der Waals surface area contributed by atoms with Crippen molar-refractivity contribution in [3.8, 4) is 5.75 Å². The van der Waals surface area contributed by atoms with E-state index < -0.39 is 0 Å². The number of amides is 1. The van der Waals surface area contributed by atoms with Gasteiger partial charge in [0.25, 0.3) is 5.91 Å². The summed E-state index contributed by atoms with van der Waals surface area (Å²) in [5, 5.41) is 6.03. The van der Waals surface area contributed by atoms with E-state index in [9.17, 15) is 4.79 Å². The van der Waals surface area contributed by atoms with Gasteiger partial charge in [-0.15, -0.1) is 0 Å². The number of hydrogen-bond acceptors (Lipinski definition) is 5. The highest BCUT2D eigenvalue weighted by Gasteiger charge is 2.13. The van der Waals surface area contributed by atoms with Crippen molar-refractivity contribution in [3.05, 3.63) is 72.2 Å². The quantitative estimate of drug-likeness (QED) is 0.699. The Morgan fingerprint density at radius 2 is 1.77 bits per heavy atom. The minimum Gasteiger partial charge on any atom is -0.492 e. The first-order valence-electron chi connectivity index (χ1n) is 8.36. The molecule has 0 aliphatic heterocycles. The maximum Gasteiger partial charge on any atom is 0.274 e. The first-order chi connectivity index (χ1) is 12.7. The zero-order chi connectivity index (χ0) is 18.4. The molecule has 132 valence electrons. The molecule has 1 amide bonds. The number of hydrogen-bond donors (Lipinski definition) is 2. The Bertz CT molecular complexity index is 897. The molecule has 0 spiro atoms. The molecule has 0 aliphatic rings. The van der Waals surface area contributed by atoms with Crippen LogP contribution in [0.25, 0.3) is 0 Å². The van der Waals surface area contributed by atoms with Crippen LogP contribution in [0.3, 0.4) is 0 Å². The van der Waals surface area contributed by atoms with Crippen LogP contribution >= 0.6 is 0 Å². The van der Waals surface area contributed by atoms with Gasteiger partial charge < -0.3 is 15.4 Å². The highest BCUT2D eigenvalue weighted by Crippen LogP contribution is 2.24. The maximum absolute atomic E-state index is 12.6. The zero-order valence-corrected chi connectivity index (χ0v) is 14.7. The zero-order valence-electron chi connectivity index (χ0n) is 14.7. The molecule has 2 N–H and O–H groups in total. The van der Waals surface area contributed by atoms with E-state index in [0.717, 1.165) is 5.69 Å². The van der Waals surface area contributed by atoms with E-state index in [4.69, 9.17) is 4.74 Å². The second kappa shape index (κ2) is 8.11. The number of nitrogens with one attached hydrogen (secondary N) is 2. The van der Waals surface area contributed by atoms with Gasteiger partial charge in [0, 0.05) is 11.8 Å². The molecule has 1 heterocycles. The second-order valence-corrected chi connectivity index (χ2v) is 5.56. The van der Waals surface area contributed by atoms with Crippen molar-refractivity contribution in [2.45, 2.75) is 13.8 Å². The summed E-state index contributed by atoms with van der Waals surface area (Å²) in [5.41, 5.74) is 1.77. The Balaban J connectivity index is 1.81. The summed E-state index contributed by atoms with van der Waals surface area (Å²) < 4.78 is 5.54. The Morgan fingerprint density at radius 3 is 2.54 bits per heavy atom. The molecule has 3 rings (SSSR count). The molecule has 2 aromatic carbocycles. The van der Waals surface area contributed by atoms with Gasteiger partial charge in [-0.1, -0.05) is 30.3 Å². The number of para-hydroxylation sites is 3. The van der Waals surface area contributed by atoms with Crippen LogP contribution in [0.5, 0.6) is 5.75 Å². The molecule has 0 saturated carbocycles. The van der Waals surface area contributed by atoms with E-state index >= 15 is 0 Å². The molecule has 0 aliphatic carbocycles. The number of aryl methyl sites for hydroxylation is 1. The molecule has 0 bridgehead atoms. The molecule has 6 heteroatoms. The fourth-order valence-corrected chi connectivity index (χ4v) is 2.46. The van der Waals surface area contributed by atoms with Crippen molar-refractivity contribution in [1.82, 2.24) is 9.97 Å². The monoisotopic (exact) mass is 348 g/mol. The molecule has 0 saturated heterocycles. The average molecular weight is 348 g/mol. The average Bonchev–Trinajstić information content (AvgIpc) is 2.64. The maximum atomic E-state index is 12.6. The lowest BCUT2D eigenvalue weighted by atomic mass is 10.2. The van der Waals surface area contributed by atoms with Gasteiger partial charge >= 0.3 is 0 Å². The van der Waals surface area contributed by atoms with Gasteiger partial charge in [-0.25, -0.2) is 9.97 Å². The summed E-state index contributed by atoms with van der Waals surface area (Å²) in [5.74, 6) is 1.37. The number of rotatable bonds is 6. The minimum atomic E-state index is -0.321. The predicted molar refractivity (Wildman–Crippen MR) is 102 cm³/mol. The van der Waals surface area contributed by atoms with Gasteiger partial charge in [0.15, 0.2) is 0 Å². The molecule has 1 aromatic heterocycles. The normalized spacial score (nSPS) is 10.2. The van der Waals surface area contributed by atoms with Crippen molar-refractivity contribution in [2.75, 3.05) is 17.2 Å². The number of aromatic nitrogens is 2. The number of nitrogens with zero attached hydrogens (tertiary/aromatic N) is 2. The third kappa shape index (κ3) is 4.36. The van der Waals surface area contributed by atoms with Gasteiger partial charge in [0.1, 0.15) is 23.1 Å². The van der Waals surface area contributed by atoms with Crippen molar-refractivity contribution >= 4 is 23.1 Å². The summed E-state index contributed by atoms with van der Waals surface area (Å²) in [7, 11) is 0. The summed E-state index contributed by atoms with van der Waals surface area (Å²) in [4.78, 5) is 21.2. The first-order valence-corrected chi connectivity index (χ1v) is 8.36. The third-order valence-corrected chi connectivity index (χ3v) is 3.55. The summed E-state index contributed by atoms with van der Waals surface area (Å²) in [6.07, 6.45) is 0. The summed E-state index contributed by atoms with van der Waals surface area (Å²) >= 11 is 0. The van der Waals surface area contributed by atoms with Crippen LogP contribution in [-0.2, 0) is 0 Å². The van der Waals surface area contributed by atoms with Crippen LogP contribution in [-0.4, -0.2) is 22.5 Å². The highest BCUT2D eigenvalue weighted by atomic mass is 16.5. The fourth-order valence-electron chi connectivity index (χ4n) is 2.46. The van der Waals surface area contributed by atoms with Crippen LogP contribution < -0.4 is 15.4 Å². The van der Waals surface area contributed by atoms with Crippen LogP contribution in [0.15, 0.2) is 60.7 Å². The van der Waals surface area contributed by atoms with Gasteiger partial charge in [0.05, 0.1) is 12.3 Å². The number of ether oxygens (including phenoxy) is 1. The Morgan fingerprint density at radius 1 is 1.04 bits per heavy atom. The Kier molecular flexibility index (Phi) is 5.43. The van der Waals surface area contributed by atoms with Crippen molar-refractivity contribution in [2.24, 2.45) is 0 Å². The third-order valence-electron chi connectivity index (χ3n) is 3.55. The lowest BCUT2D eigenvalue weighted by Crippen LogP contribution is -2.16. The van der Waals surface area contributed by atoms with Crippen LogP contribution in [0.4, 0.5) is 17.2 Å². The van der Waals surface area contributed by atoms with E-state index in [-0.39, 0.29) is 11.6 Å². The molecular weight excluding hydrogens is 328 g/mol. The number of carbonyl (C=O) groups excluding carboxylic acids is 1. The Labute approximate surface area is 152 Å². The fraction of sp³-hybridized carbons (Fsp3) is 0.150. The van der Waals surface area contributed by atoms with Crippen LogP contribution in [0.1, 0.15) is 23.2 Å². The van der Waals surface area contributed by atoms with Crippen LogP contribution in [0.2, 0.25) is 0 Å². The minimum absolute atomic E-state index is 0.280. The number of benzene rings is 2. The topological polar surface area (TPSA) is 76.1 Å². The second-order valence-electron chi connectivity index (χ2n) is 5.56. The first kappa shape index (κ1) is 17.4. The summed E-state index contributed by atoms with van der Waals surface area (Å²) in [6, 6.07) is 18.6. The molecule has 0 radical (unpaired) electrons. The molecule has 0 atom stereocenters. The van der Waals surface area contributed by atoms with E-state index in [2.05, 4.69) is 20.6 Å². The lowest BCUT2D eigenvalue weighted by molar-refractivity contribution is 0.102. The molecule has 6 nitrogen and oxygen atoms in total.